The van der Waals surface area contributed by atoms with Crippen LogP contribution in [0.5, 0.6) is 0 Å². The van der Waals surface area contributed by atoms with Gasteiger partial charge in [-0.1, -0.05) is 0 Å². The summed E-state index contributed by atoms with van der Waals surface area (Å²) >= 11 is 1.78. The predicted molar refractivity (Wildman–Crippen MR) is 119 cm³/mol. The van der Waals surface area contributed by atoms with E-state index in [0.29, 0.717) is 13.1 Å². The Labute approximate surface area is 177 Å². The van der Waals surface area contributed by atoms with Crippen LogP contribution in [0.3, 0.4) is 0 Å². The fourth-order valence-electron chi connectivity index (χ4n) is 2.57. The highest BCUT2D eigenvalue weighted by atomic mass is 127. The molecule has 0 bridgehead atoms. The van der Waals surface area contributed by atoms with Crippen LogP contribution in [-0.4, -0.2) is 68.9 Å². The number of carbonyl (C=O) groups is 1. The third kappa shape index (κ3) is 7.56. The zero-order valence-corrected chi connectivity index (χ0v) is 19.1. The van der Waals surface area contributed by atoms with Gasteiger partial charge in [-0.3, -0.25) is 4.99 Å². The molecule has 9 heteroatoms. The number of ether oxygens (including phenoxy) is 1. The molecule has 0 radical (unpaired) electrons. The van der Waals surface area contributed by atoms with E-state index >= 15 is 0 Å². The van der Waals surface area contributed by atoms with Crippen molar-refractivity contribution in [2.45, 2.75) is 26.4 Å². The molecule has 0 saturated carbocycles. The fourth-order valence-corrected chi connectivity index (χ4v) is 3.36. The maximum Gasteiger partial charge on any atom is 0.407 e. The summed E-state index contributed by atoms with van der Waals surface area (Å²) in [5, 5.41) is 9.47. The minimum atomic E-state index is -0.476. The number of aliphatic imine (C=N–C) groups is 1. The predicted octanol–water partition coefficient (Wildman–Crippen LogP) is 2.59. The van der Waals surface area contributed by atoms with Gasteiger partial charge >= 0.3 is 6.09 Å². The lowest BCUT2D eigenvalue weighted by Crippen LogP contribution is -2.53. The van der Waals surface area contributed by atoms with E-state index in [9.17, 15) is 4.79 Å². The van der Waals surface area contributed by atoms with Gasteiger partial charge in [0.25, 0.3) is 0 Å². The first-order valence-electron chi connectivity index (χ1n) is 8.60. The molecule has 148 valence electrons. The summed E-state index contributed by atoms with van der Waals surface area (Å²) in [7, 11) is 1.79. The van der Waals surface area contributed by atoms with Crippen LogP contribution >= 0.6 is 35.3 Å². The van der Waals surface area contributed by atoms with Crippen molar-refractivity contribution in [3.8, 4) is 0 Å². The lowest BCUT2D eigenvalue weighted by molar-refractivity contribution is 0.0529. The first kappa shape index (κ1) is 22.8. The van der Waals surface area contributed by atoms with Gasteiger partial charge < -0.3 is 25.2 Å². The molecule has 1 aromatic rings. The number of rotatable bonds is 4. The van der Waals surface area contributed by atoms with E-state index in [0.717, 1.165) is 32.1 Å². The molecule has 0 spiro atoms. The summed E-state index contributed by atoms with van der Waals surface area (Å²) in [4.78, 5) is 20.6. The Hall–Kier alpha value is -1.23. The Balaban J connectivity index is 0.00000338. The molecule has 26 heavy (non-hydrogen) atoms. The van der Waals surface area contributed by atoms with Crippen LogP contribution in [0.1, 0.15) is 20.8 Å². The lowest BCUT2D eigenvalue weighted by atomic mass is 10.2. The molecule has 2 N–H and O–H groups in total. The van der Waals surface area contributed by atoms with Crippen molar-refractivity contribution < 1.29 is 9.53 Å². The van der Waals surface area contributed by atoms with Crippen molar-refractivity contribution in [1.29, 1.82) is 0 Å². The molecule has 2 heterocycles. The highest BCUT2D eigenvalue weighted by Gasteiger charge is 2.20. The molecule has 1 aromatic heterocycles. The summed E-state index contributed by atoms with van der Waals surface area (Å²) in [6, 6.07) is 4.25. The van der Waals surface area contributed by atoms with Crippen LogP contribution in [0.25, 0.3) is 0 Å². The maximum atomic E-state index is 11.6. The van der Waals surface area contributed by atoms with Gasteiger partial charge in [-0.15, -0.1) is 35.3 Å². The second-order valence-corrected chi connectivity index (χ2v) is 7.75. The van der Waals surface area contributed by atoms with Crippen molar-refractivity contribution in [3.63, 3.8) is 0 Å². The number of alkyl carbamates (subject to hydrolysis) is 1. The largest absolute Gasteiger partial charge is 0.444 e. The molecule has 0 unspecified atom stereocenters. The number of thiophene rings is 1. The smallest absolute Gasteiger partial charge is 0.407 e. The maximum absolute atomic E-state index is 11.6. The molecule has 1 saturated heterocycles. The monoisotopic (exact) mass is 495 g/mol. The number of amides is 1. The second-order valence-electron chi connectivity index (χ2n) is 6.83. The Morgan fingerprint density at radius 3 is 2.42 bits per heavy atom. The summed E-state index contributed by atoms with van der Waals surface area (Å²) in [6.07, 6.45) is -0.395. The summed E-state index contributed by atoms with van der Waals surface area (Å²) < 4.78 is 5.21. The van der Waals surface area contributed by atoms with E-state index in [1.807, 2.05) is 20.8 Å². The van der Waals surface area contributed by atoms with Crippen LogP contribution in [0.4, 0.5) is 9.80 Å². The van der Waals surface area contributed by atoms with Gasteiger partial charge in [0.2, 0.25) is 0 Å². The fraction of sp³-hybridized carbons (Fsp3) is 0.647. The van der Waals surface area contributed by atoms with Gasteiger partial charge in [-0.25, -0.2) is 4.79 Å². The number of hydrogen-bond acceptors (Lipinski definition) is 5. The van der Waals surface area contributed by atoms with Gasteiger partial charge in [0.15, 0.2) is 5.96 Å². The van der Waals surface area contributed by atoms with Gasteiger partial charge in [-0.2, -0.15) is 0 Å². The molecule has 0 atom stereocenters. The van der Waals surface area contributed by atoms with E-state index in [1.54, 1.807) is 18.4 Å². The molecule has 1 aliphatic heterocycles. The van der Waals surface area contributed by atoms with Crippen LogP contribution in [-0.2, 0) is 4.74 Å². The molecule has 2 rings (SSSR count). The lowest BCUT2D eigenvalue weighted by Gasteiger charge is -2.37. The molecule has 1 fully saturated rings. The van der Waals surface area contributed by atoms with Crippen LogP contribution < -0.4 is 15.5 Å². The number of guanidine groups is 1. The number of hydrogen-bond donors (Lipinski definition) is 2. The van der Waals surface area contributed by atoms with Crippen molar-refractivity contribution in [2.24, 2.45) is 4.99 Å². The van der Waals surface area contributed by atoms with Crippen molar-refractivity contribution in [3.05, 3.63) is 17.5 Å². The Morgan fingerprint density at radius 2 is 1.88 bits per heavy atom. The van der Waals surface area contributed by atoms with E-state index in [-0.39, 0.29) is 24.0 Å². The molecule has 0 aromatic carbocycles. The first-order chi connectivity index (χ1) is 11.9. The van der Waals surface area contributed by atoms with E-state index in [4.69, 9.17) is 4.74 Å². The van der Waals surface area contributed by atoms with Crippen LogP contribution in [0.15, 0.2) is 22.5 Å². The minimum absolute atomic E-state index is 0. The summed E-state index contributed by atoms with van der Waals surface area (Å²) in [6.45, 7) is 10.5. The standard InChI is InChI=1S/C17H29N5O2S.HI/c1-17(2,3)24-16(23)20-8-7-19-15(18-4)22-11-9-21(10-12-22)14-6-5-13-25-14;/h5-6,13H,7-12H2,1-4H3,(H,18,19)(H,20,23);1H. The van der Waals surface area contributed by atoms with Gasteiger partial charge in [0.05, 0.1) is 5.00 Å². The van der Waals surface area contributed by atoms with Crippen molar-refractivity contribution in [2.75, 3.05) is 51.2 Å². The number of carbonyl (C=O) groups excluding carboxylic acids is 1. The molecule has 1 amide bonds. The molecule has 0 aliphatic carbocycles. The van der Waals surface area contributed by atoms with Gasteiger partial charge in [0, 0.05) is 46.3 Å². The minimum Gasteiger partial charge on any atom is -0.444 e. The summed E-state index contributed by atoms with van der Waals surface area (Å²) in [5.41, 5.74) is -0.476. The van der Waals surface area contributed by atoms with Crippen molar-refractivity contribution in [1.82, 2.24) is 15.5 Å². The third-order valence-electron chi connectivity index (χ3n) is 3.69. The summed E-state index contributed by atoms with van der Waals surface area (Å²) in [5.74, 6) is 0.872. The van der Waals surface area contributed by atoms with E-state index in [2.05, 4.69) is 42.9 Å². The van der Waals surface area contributed by atoms with Crippen LogP contribution in [0.2, 0.25) is 0 Å². The highest BCUT2D eigenvalue weighted by molar-refractivity contribution is 14.0. The Bertz CT molecular complexity index is 566. The number of nitrogens with one attached hydrogen (secondary N) is 2. The first-order valence-corrected chi connectivity index (χ1v) is 9.48. The zero-order valence-electron chi connectivity index (χ0n) is 15.9. The molecular weight excluding hydrogens is 465 g/mol. The average molecular weight is 495 g/mol. The highest BCUT2D eigenvalue weighted by Crippen LogP contribution is 2.22. The Morgan fingerprint density at radius 1 is 1.23 bits per heavy atom. The normalized spacial score (nSPS) is 15.3. The SMILES string of the molecule is CN=C(NCCNC(=O)OC(C)(C)C)N1CCN(c2cccs2)CC1.I. The molecule has 1 aliphatic rings. The van der Waals surface area contributed by atoms with E-state index < -0.39 is 11.7 Å². The number of halogens is 1. The quantitative estimate of drug-likeness (QED) is 0.291. The van der Waals surface area contributed by atoms with Crippen LogP contribution in [0, 0.1) is 0 Å². The Kier molecular flexibility index (Phi) is 9.48. The number of nitrogens with zero attached hydrogens (tertiary/aromatic N) is 3. The second kappa shape index (κ2) is 10.8. The number of anilines is 1. The van der Waals surface area contributed by atoms with Gasteiger partial charge in [-0.05, 0) is 38.3 Å². The molecule has 7 nitrogen and oxygen atoms in total. The van der Waals surface area contributed by atoms with Gasteiger partial charge in [0.1, 0.15) is 5.60 Å². The topological polar surface area (TPSA) is 69.2 Å². The molecular formula is C17H30IN5O2S. The van der Waals surface area contributed by atoms with Crippen molar-refractivity contribution >= 4 is 52.4 Å². The zero-order chi connectivity index (χ0) is 18.3. The van der Waals surface area contributed by atoms with E-state index in [1.165, 1.54) is 5.00 Å². The number of piperazine rings is 1. The average Bonchev–Trinajstić information content (AvgIpc) is 3.08. The third-order valence-corrected chi connectivity index (χ3v) is 4.61.